The Bertz CT molecular complexity index is 861. The number of sulfonamides is 1. The van der Waals surface area contributed by atoms with Gasteiger partial charge < -0.3 is 10.6 Å². The van der Waals surface area contributed by atoms with Gasteiger partial charge in [0.05, 0.1) is 4.90 Å². The number of benzene rings is 2. The van der Waals surface area contributed by atoms with Gasteiger partial charge in [-0.15, -0.1) is 0 Å². The van der Waals surface area contributed by atoms with Gasteiger partial charge in [-0.25, -0.2) is 8.42 Å². The molecule has 0 aliphatic carbocycles. The summed E-state index contributed by atoms with van der Waals surface area (Å²) in [5, 5.41) is 0. The van der Waals surface area contributed by atoms with Crippen LogP contribution in [0.5, 0.6) is 0 Å². The van der Waals surface area contributed by atoms with Crippen molar-refractivity contribution in [1.82, 2.24) is 4.90 Å². The number of nitrogens with one attached hydrogen (secondary N) is 1. The van der Waals surface area contributed by atoms with Crippen LogP contribution in [0.2, 0.25) is 0 Å². The molecule has 1 amide bonds. The second-order valence-corrected chi connectivity index (χ2v) is 8.15. The van der Waals surface area contributed by atoms with Crippen molar-refractivity contribution in [3.8, 4) is 0 Å². The Morgan fingerprint density at radius 2 is 1.77 bits per heavy atom. The quantitative estimate of drug-likeness (QED) is 0.841. The number of carbonyl (C=O) groups excluding carboxylic acids is 1. The predicted octanol–water partition coefficient (Wildman–Crippen LogP) is 2.30. The van der Waals surface area contributed by atoms with E-state index >= 15 is 0 Å². The number of nitrogens with zero attached hydrogens (tertiary/aromatic N) is 1. The zero-order chi connectivity index (χ0) is 18.6. The van der Waals surface area contributed by atoms with Gasteiger partial charge in [0.15, 0.2) is 0 Å². The molecular weight excluding hydrogens is 350 g/mol. The van der Waals surface area contributed by atoms with E-state index in [2.05, 4.69) is 4.72 Å². The summed E-state index contributed by atoms with van der Waals surface area (Å²) in [5.41, 5.74) is 6.54. The number of piperidine rings is 1. The molecule has 3 N–H and O–H groups in total. The van der Waals surface area contributed by atoms with Crippen LogP contribution in [-0.2, 0) is 10.0 Å². The van der Waals surface area contributed by atoms with E-state index in [-0.39, 0.29) is 10.8 Å². The minimum absolute atomic E-state index is 0.0822. The number of amides is 1. The third kappa shape index (κ3) is 4.23. The Kier molecular flexibility index (Phi) is 5.58. The topological polar surface area (TPSA) is 92.5 Å². The first-order valence-electron chi connectivity index (χ1n) is 8.67. The molecule has 2 aromatic rings. The second kappa shape index (κ2) is 7.88. The molecule has 0 atom stereocenters. The minimum Gasteiger partial charge on any atom is -0.339 e. The fourth-order valence-electron chi connectivity index (χ4n) is 3.08. The SMILES string of the molecule is NCC1CCN(C(=O)c2cccc(NS(=O)(=O)c3ccccc3)c2)CC1. The number of hydrogen-bond acceptors (Lipinski definition) is 4. The number of likely N-dealkylation sites (tertiary alicyclic amines) is 1. The number of rotatable bonds is 5. The van der Waals surface area contributed by atoms with Gasteiger partial charge in [-0.1, -0.05) is 24.3 Å². The van der Waals surface area contributed by atoms with Crippen LogP contribution in [-0.4, -0.2) is 38.9 Å². The van der Waals surface area contributed by atoms with E-state index in [1.54, 1.807) is 47.4 Å². The zero-order valence-corrected chi connectivity index (χ0v) is 15.3. The third-order valence-electron chi connectivity index (χ3n) is 4.65. The lowest BCUT2D eigenvalue weighted by Gasteiger charge is -2.31. The molecule has 26 heavy (non-hydrogen) atoms. The molecule has 0 aromatic heterocycles. The highest BCUT2D eigenvalue weighted by Crippen LogP contribution is 2.21. The van der Waals surface area contributed by atoms with Crippen molar-refractivity contribution < 1.29 is 13.2 Å². The summed E-state index contributed by atoms with van der Waals surface area (Å²) in [7, 11) is -3.68. The Morgan fingerprint density at radius 1 is 1.08 bits per heavy atom. The molecule has 1 fully saturated rings. The maximum absolute atomic E-state index is 12.7. The van der Waals surface area contributed by atoms with Gasteiger partial charge in [0.25, 0.3) is 15.9 Å². The zero-order valence-electron chi connectivity index (χ0n) is 14.5. The van der Waals surface area contributed by atoms with Crippen molar-refractivity contribution in [3.05, 3.63) is 60.2 Å². The highest BCUT2D eigenvalue weighted by Gasteiger charge is 2.23. The van der Waals surface area contributed by atoms with Crippen LogP contribution < -0.4 is 10.5 Å². The smallest absolute Gasteiger partial charge is 0.261 e. The second-order valence-electron chi connectivity index (χ2n) is 6.47. The van der Waals surface area contributed by atoms with Crippen LogP contribution >= 0.6 is 0 Å². The molecule has 0 unspecified atom stereocenters. The molecule has 1 aliphatic rings. The summed E-state index contributed by atoms with van der Waals surface area (Å²) >= 11 is 0. The van der Waals surface area contributed by atoms with E-state index in [1.807, 2.05) is 0 Å². The maximum Gasteiger partial charge on any atom is 0.261 e. The van der Waals surface area contributed by atoms with Crippen molar-refractivity contribution in [3.63, 3.8) is 0 Å². The molecule has 3 rings (SSSR count). The van der Waals surface area contributed by atoms with E-state index < -0.39 is 10.0 Å². The summed E-state index contributed by atoms with van der Waals surface area (Å²) < 4.78 is 27.4. The number of nitrogens with two attached hydrogens (primary N) is 1. The first kappa shape index (κ1) is 18.4. The summed E-state index contributed by atoms with van der Waals surface area (Å²) in [6.07, 6.45) is 1.81. The number of anilines is 1. The molecule has 138 valence electrons. The molecule has 0 saturated carbocycles. The van der Waals surface area contributed by atoms with E-state index in [4.69, 9.17) is 5.73 Å². The van der Waals surface area contributed by atoms with Crippen molar-refractivity contribution in [2.24, 2.45) is 11.7 Å². The van der Waals surface area contributed by atoms with Crippen LogP contribution in [0.15, 0.2) is 59.5 Å². The van der Waals surface area contributed by atoms with Crippen molar-refractivity contribution in [1.29, 1.82) is 0 Å². The van der Waals surface area contributed by atoms with Crippen LogP contribution in [0.25, 0.3) is 0 Å². The maximum atomic E-state index is 12.7. The molecule has 7 heteroatoms. The first-order valence-corrected chi connectivity index (χ1v) is 10.1. The lowest BCUT2D eigenvalue weighted by Crippen LogP contribution is -2.40. The molecule has 2 aromatic carbocycles. The normalized spacial score (nSPS) is 15.7. The highest BCUT2D eigenvalue weighted by atomic mass is 32.2. The van der Waals surface area contributed by atoms with Crippen LogP contribution in [0.3, 0.4) is 0 Å². The van der Waals surface area contributed by atoms with Gasteiger partial charge in [-0.05, 0) is 55.6 Å². The van der Waals surface area contributed by atoms with Gasteiger partial charge >= 0.3 is 0 Å². The minimum atomic E-state index is -3.68. The van der Waals surface area contributed by atoms with Gasteiger partial charge in [-0.3, -0.25) is 9.52 Å². The molecule has 0 spiro atoms. The van der Waals surface area contributed by atoms with Crippen molar-refractivity contribution in [2.45, 2.75) is 17.7 Å². The largest absolute Gasteiger partial charge is 0.339 e. The van der Waals surface area contributed by atoms with E-state index in [0.717, 1.165) is 12.8 Å². The Hall–Kier alpha value is -2.38. The van der Waals surface area contributed by atoms with Gasteiger partial charge in [0.1, 0.15) is 0 Å². The number of carbonyl (C=O) groups is 1. The van der Waals surface area contributed by atoms with Gasteiger partial charge in [0.2, 0.25) is 0 Å². The Morgan fingerprint density at radius 3 is 2.42 bits per heavy atom. The van der Waals surface area contributed by atoms with Crippen molar-refractivity contribution >= 4 is 21.6 Å². The standard InChI is InChI=1S/C19H23N3O3S/c20-14-15-9-11-22(12-10-15)19(23)16-5-4-6-17(13-16)21-26(24,25)18-7-2-1-3-8-18/h1-8,13,15,21H,9-12,14,20H2. The molecule has 6 nitrogen and oxygen atoms in total. The monoisotopic (exact) mass is 373 g/mol. The fourth-order valence-corrected chi connectivity index (χ4v) is 4.15. The summed E-state index contributed by atoms with van der Waals surface area (Å²) in [4.78, 5) is 14.7. The van der Waals surface area contributed by atoms with Crippen LogP contribution in [0.4, 0.5) is 5.69 Å². The van der Waals surface area contributed by atoms with Crippen molar-refractivity contribution in [2.75, 3.05) is 24.4 Å². The van der Waals surface area contributed by atoms with E-state index in [0.29, 0.717) is 36.8 Å². The average molecular weight is 373 g/mol. The molecular formula is C19H23N3O3S. The van der Waals surface area contributed by atoms with Crippen LogP contribution in [0, 0.1) is 5.92 Å². The fraction of sp³-hybridized carbons (Fsp3) is 0.316. The summed E-state index contributed by atoms with van der Waals surface area (Å²) in [6.45, 7) is 2.01. The number of hydrogen-bond donors (Lipinski definition) is 2. The molecule has 1 heterocycles. The van der Waals surface area contributed by atoms with E-state index in [9.17, 15) is 13.2 Å². The summed E-state index contributed by atoms with van der Waals surface area (Å²) in [5.74, 6) is 0.393. The predicted molar refractivity (Wildman–Crippen MR) is 101 cm³/mol. The third-order valence-corrected chi connectivity index (χ3v) is 6.05. The molecule has 0 radical (unpaired) electrons. The Labute approximate surface area is 154 Å². The lowest BCUT2D eigenvalue weighted by atomic mass is 9.96. The average Bonchev–Trinajstić information content (AvgIpc) is 2.68. The Balaban J connectivity index is 1.73. The van der Waals surface area contributed by atoms with Crippen LogP contribution in [0.1, 0.15) is 23.2 Å². The highest BCUT2D eigenvalue weighted by molar-refractivity contribution is 7.92. The molecule has 1 aliphatic heterocycles. The summed E-state index contributed by atoms with van der Waals surface area (Å²) in [6, 6.07) is 14.7. The van der Waals surface area contributed by atoms with Gasteiger partial charge in [-0.2, -0.15) is 0 Å². The lowest BCUT2D eigenvalue weighted by molar-refractivity contribution is 0.0693. The molecule has 0 bridgehead atoms. The van der Waals surface area contributed by atoms with E-state index in [1.165, 1.54) is 12.1 Å². The first-order chi connectivity index (χ1) is 12.5. The molecule has 1 saturated heterocycles. The van der Waals surface area contributed by atoms with Gasteiger partial charge in [0, 0.05) is 24.3 Å².